The van der Waals surface area contributed by atoms with Crippen molar-refractivity contribution in [3.63, 3.8) is 0 Å². The number of carbonyl (C=O) groups is 3. The summed E-state index contributed by atoms with van der Waals surface area (Å²) in [6.07, 6.45) is 6.38. The second-order valence-electron chi connectivity index (χ2n) is 10.4. The number of methoxy groups -OCH3 is 1. The lowest BCUT2D eigenvalue weighted by molar-refractivity contribution is -0.126. The van der Waals surface area contributed by atoms with Gasteiger partial charge in [0.2, 0.25) is 6.41 Å². The number of hydrogen-bond donors (Lipinski definition) is 2. The van der Waals surface area contributed by atoms with Crippen molar-refractivity contribution in [1.29, 1.82) is 0 Å². The minimum Gasteiger partial charge on any atom is -0.493 e. The van der Waals surface area contributed by atoms with E-state index in [9.17, 15) is 14.4 Å². The van der Waals surface area contributed by atoms with Gasteiger partial charge in [-0.3, -0.25) is 19.4 Å². The zero-order valence-corrected chi connectivity index (χ0v) is 22.2. The van der Waals surface area contributed by atoms with Crippen molar-refractivity contribution in [2.75, 3.05) is 20.7 Å². The minimum atomic E-state index is -0.561. The molecule has 0 radical (unpaired) electrons. The molecule has 1 heterocycles. The van der Waals surface area contributed by atoms with Crippen LogP contribution in [-0.2, 0) is 9.59 Å². The van der Waals surface area contributed by atoms with Gasteiger partial charge >= 0.3 is 6.09 Å². The molecule has 4 aliphatic rings. The monoisotopic (exact) mass is 521 g/mol. The van der Waals surface area contributed by atoms with Crippen LogP contribution in [0.25, 0.3) is 0 Å². The second-order valence-corrected chi connectivity index (χ2v) is 10.4. The van der Waals surface area contributed by atoms with Gasteiger partial charge in [-0.05, 0) is 69.6 Å². The molecule has 0 saturated heterocycles. The molecule has 10 heteroatoms. The van der Waals surface area contributed by atoms with Crippen molar-refractivity contribution in [3.05, 3.63) is 35.3 Å². The van der Waals surface area contributed by atoms with Crippen LogP contribution >= 0.6 is 0 Å². The van der Waals surface area contributed by atoms with E-state index in [0.29, 0.717) is 23.0 Å². The third-order valence-electron chi connectivity index (χ3n) is 7.51. The predicted octanol–water partition coefficient (Wildman–Crippen LogP) is 2.29. The Morgan fingerprint density at radius 1 is 1.05 bits per heavy atom. The molecule has 0 bridgehead atoms. The third-order valence-corrected chi connectivity index (χ3v) is 7.51. The molecule has 5 rings (SSSR count). The summed E-state index contributed by atoms with van der Waals surface area (Å²) in [5, 5.41) is 6.39. The van der Waals surface area contributed by atoms with E-state index >= 15 is 0 Å². The molecule has 1 atom stereocenters. The number of amides is 3. The van der Waals surface area contributed by atoms with Crippen LogP contribution in [0, 0.1) is 18.8 Å². The van der Waals surface area contributed by atoms with Gasteiger partial charge in [0.1, 0.15) is 11.5 Å². The van der Waals surface area contributed by atoms with Crippen LogP contribution in [0.3, 0.4) is 0 Å². The molecular weight excluding hydrogens is 486 g/mol. The van der Waals surface area contributed by atoms with Gasteiger partial charge in [-0.1, -0.05) is 17.9 Å². The summed E-state index contributed by atoms with van der Waals surface area (Å²) < 4.78 is 11.1. The van der Waals surface area contributed by atoms with E-state index in [1.165, 1.54) is 0 Å². The van der Waals surface area contributed by atoms with E-state index < -0.39 is 12.3 Å². The predicted molar refractivity (Wildman–Crippen MR) is 140 cm³/mol. The molecule has 38 heavy (non-hydrogen) atoms. The highest BCUT2D eigenvalue weighted by atomic mass is 16.6. The standard InChI is InChI=1S/C28H35N5O5/c1-18-9-14-22(23(16-18)37-3)38-28(36)32(20-6-4-7-20)15-5-8-24-29-25(27(35)31(2)19-10-11-19)26(30-24)33(17-34)21-12-13-21/h9,14,16-17,19-21,24,29-30H,4,6-7,10-13,15H2,1-3H3. The van der Waals surface area contributed by atoms with E-state index in [1.54, 1.807) is 34.9 Å². The Labute approximate surface area is 223 Å². The Hall–Kier alpha value is -3.87. The first-order chi connectivity index (χ1) is 18.4. The molecule has 3 saturated carbocycles. The van der Waals surface area contributed by atoms with Crippen LogP contribution in [0.4, 0.5) is 4.79 Å². The van der Waals surface area contributed by atoms with Crippen LogP contribution in [0.1, 0.15) is 50.5 Å². The maximum atomic E-state index is 13.2. The normalized spacial score (nSPS) is 20.2. The molecule has 3 fully saturated rings. The second kappa shape index (κ2) is 10.9. The highest BCUT2D eigenvalue weighted by Gasteiger charge is 2.40. The molecule has 2 N–H and O–H groups in total. The lowest BCUT2D eigenvalue weighted by atomic mass is 9.92. The fourth-order valence-corrected chi connectivity index (χ4v) is 4.66. The first-order valence-corrected chi connectivity index (χ1v) is 13.3. The van der Waals surface area contributed by atoms with Crippen molar-refractivity contribution in [2.24, 2.45) is 0 Å². The molecule has 3 aliphatic carbocycles. The van der Waals surface area contributed by atoms with Gasteiger partial charge in [-0.2, -0.15) is 0 Å². The summed E-state index contributed by atoms with van der Waals surface area (Å²) in [4.78, 5) is 43.1. The van der Waals surface area contributed by atoms with Crippen LogP contribution < -0.4 is 20.1 Å². The summed E-state index contributed by atoms with van der Waals surface area (Å²) in [6.45, 7) is 2.12. The summed E-state index contributed by atoms with van der Waals surface area (Å²) in [5.74, 6) is 7.37. The van der Waals surface area contributed by atoms with Crippen LogP contribution in [0.2, 0.25) is 0 Å². The molecule has 1 aliphatic heterocycles. The SMILES string of the molecule is COc1cc(C)ccc1OC(=O)N(CC#CC1NC(C(=O)N(C)C2CC2)=C(N(C=O)C2CC2)N1)C1CCC1. The maximum Gasteiger partial charge on any atom is 0.416 e. The number of likely N-dealkylation sites (N-methyl/N-ethyl adjacent to an activating group) is 1. The van der Waals surface area contributed by atoms with Gasteiger partial charge in [0.25, 0.3) is 5.91 Å². The molecular formula is C28H35N5O5. The molecule has 0 spiro atoms. The first kappa shape index (κ1) is 25.8. The van der Waals surface area contributed by atoms with Crippen molar-refractivity contribution >= 4 is 18.4 Å². The summed E-state index contributed by atoms with van der Waals surface area (Å²) in [7, 11) is 3.33. The largest absolute Gasteiger partial charge is 0.493 e. The molecule has 1 aromatic carbocycles. The number of aryl methyl sites for hydroxylation is 1. The zero-order valence-electron chi connectivity index (χ0n) is 22.2. The van der Waals surface area contributed by atoms with E-state index in [4.69, 9.17) is 9.47 Å². The topological polar surface area (TPSA) is 103 Å². The molecule has 10 nitrogen and oxygen atoms in total. The van der Waals surface area contributed by atoms with E-state index in [-0.39, 0.29) is 30.6 Å². The van der Waals surface area contributed by atoms with Crippen LogP contribution in [0.5, 0.6) is 11.5 Å². The smallest absolute Gasteiger partial charge is 0.416 e. The highest BCUT2D eigenvalue weighted by Crippen LogP contribution is 2.32. The number of hydrogen-bond acceptors (Lipinski definition) is 7. The zero-order chi connectivity index (χ0) is 26.8. The maximum absolute atomic E-state index is 13.2. The van der Waals surface area contributed by atoms with Gasteiger partial charge in [0.15, 0.2) is 17.7 Å². The van der Waals surface area contributed by atoms with Gasteiger partial charge in [-0.15, -0.1) is 0 Å². The van der Waals surface area contributed by atoms with Crippen molar-refractivity contribution < 1.29 is 23.9 Å². The lowest BCUT2D eigenvalue weighted by Crippen LogP contribution is -2.46. The molecule has 1 unspecified atom stereocenters. The van der Waals surface area contributed by atoms with Crippen molar-refractivity contribution in [1.82, 2.24) is 25.3 Å². The Morgan fingerprint density at radius 2 is 1.79 bits per heavy atom. The Bertz CT molecular complexity index is 1190. The Balaban J connectivity index is 1.28. The van der Waals surface area contributed by atoms with Crippen molar-refractivity contribution in [2.45, 2.75) is 76.2 Å². The molecule has 1 aromatic rings. The quantitative estimate of drug-likeness (QED) is 0.380. The molecule has 3 amide bonds. The first-order valence-electron chi connectivity index (χ1n) is 13.3. The average Bonchev–Trinajstić information content (AvgIpc) is 3.81. The van der Waals surface area contributed by atoms with Gasteiger partial charge in [0, 0.05) is 25.2 Å². The Morgan fingerprint density at radius 3 is 2.39 bits per heavy atom. The molecule has 0 aromatic heterocycles. The van der Waals surface area contributed by atoms with Crippen LogP contribution in [-0.4, -0.2) is 78.1 Å². The highest BCUT2D eigenvalue weighted by molar-refractivity contribution is 5.94. The lowest BCUT2D eigenvalue weighted by Gasteiger charge is -2.35. The number of carbonyl (C=O) groups excluding carboxylic acids is 3. The number of benzene rings is 1. The minimum absolute atomic E-state index is 0.0659. The van der Waals surface area contributed by atoms with Gasteiger partial charge in [0.05, 0.1) is 13.7 Å². The van der Waals surface area contributed by atoms with E-state index in [2.05, 4.69) is 22.5 Å². The van der Waals surface area contributed by atoms with Gasteiger partial charge in [-0.25, -0.2) is 4.79 Å². The Kier molecular flexibility index (Phi) is 7.36. The fraction of sp³-hybridized carbons (Fsp3) is 0.536. The van der Waals surface area contributed by atoms with Gasteiger partial charge < -0.3 is 25.0 Å². The number of ether oxygens (including phenoxy) is 2. The van der Waals surface area contributed by atoms with E-state index in [1.807, 2.05) is 19.1 Å². The number of rotatable bonds is 9. The van der Waals surface area contributed by atoms with Crippen molar-refractivity contribution in [3.8, 4) is 23.3 Å². The fourth-order valence-electron chi connectivity index (χ4n) is 4.66. The average molecular weight is 522 g/mol. The summed E-state index contributed by atoms with van der Waals surface area (Å²) >= 11 is 0. The number of nitrogens with zero attached hydrogens (tertiary/aromatic N) is 3. The molecule has 202 valence electrons. The summed E-state index contributed by atoms with van der Waals surface area (Å²) in [5.41, 5.74) is 1.36. The van der Waals surface area contributed by atoms with Crippen LogP contribution in [0.15, 0.2) is 29.7 Å². The third kappa shape index (κ3) is 5.52. The van der Waals surface area contributed by atoms with E-state index in [0.717, 1.165) is 56.9 Å². The summed E-state index contributed by atoms with van der Waals surface area (Å²) in [6, 6.07) is 5.82. The number of nitrogens with one attached hydrogen (secondary N) is 2.